The van der Waals surface area contributed by atoms with E-state index >= 15 is 0 Å². The Bertz CT molecular complexity index is 1830. The number of hydrogen-bond acceptors (Lipinski definition) is 8. The van der Waals surface area contributed by atoms with Gasteiger partial charge in [-0.2, -0.15) is 0 Å². The minimum Gasteiger partial charge on any atom is -0.487 e. The first-order valence-electron chi connectivity index (χ1n) is 16.3. The van der Waals surface area contributed by atoms with E-state index in [9.17, 15) is 14.7 Å². The number of aliphatic hydroxyl groups is 1. The number of rotatable bonds is 9. The number of aliphatic hydroxyl groups excluding tert-OH is 1. The van der Waals surface area contributed by atoms with E-state index in [2.05, 4.69) is 37.7 Å². The molecule has 0 aromatic carbocycles. The van der Waals surface area contributed by atoms with Crippen molar-refractivity contribution < 1.29 is 28.9 Å². The molecule has 46 heavy (non-hydrogen) atoms. The van der Waals surface area contributed by atoms with E-state index in [1.165, 1.54) is 0 Å². The monoisotopic (exact) mass is 630 g/mol. The van der Waals surface area contributed by atoms with Crippen molar-refractivity contribution in [1.82, 2.24) is 19.9 Å². The second-order valence-corrected chi connectivity index (χ2v) is 13.1. The first-order chi connectivity index (χ1) is 21.9. The van der Waals surface area contributed by atoms with E-state index < -0.39 is 11.4 Å². The quantitative estimate of drug-likeness (QED) is 0.237. The van der Waals surface area contributed by atoms with Gasteiger partial charge in [0.2, 0.25) is 0 Å². The zero-order chi connectivity index (χ0) is 33.4. The van der Waals surface area contributed by atoms with Gasteiger partial charge in [-0.25, -0.2) is 9.59 Å². The van der Waals surface area contributed by atoms with Gasteiger partial charge in [0, 0.05) is 51.8 Å². The first kappa shape index (κ1) is 33.2. The molecule has 0 spiro atoms. The number of carbonyl (C=O) groups excluding carboxylic acids is 2. The molecule has 3 N–H and O–H groups in total. The van der Waals surface area contributed by atoms with Crippen LogP contribution in [-0.4, -0.2) is 63.4 Å². The van der Waals surface area contributed by atoms with E-state index in [1.54, 1.807) is 13.8 Å². The van der Waals surface area contributed by atoms with Crippen molar-refractivity contribution in [3.8, 4) is 5.75 Å². The molecule has 246 valence electrons. The van der Waals surface area contributed by atoms with Gasteiger partial charge >= 0.3 is 11.9 Å². The van der Waals surface area contributed by atoms with Crippen LogP contribution in [0.25, 0.3) is 22.1 Å². The standard InChI is InChI=1S/C36H46N4O6/c1-9-21-23-16-28-36(7,8)19-26(39-28)32(46-14-13-41)31-30(34(43)45-12-4)22(10-2)24(40-31)17-27-35(5,6)18-20(37-27)15-25(38-23)29(21)33(42)44-11-3/h15-17,38,40-41H,9-14,18-19H2,1-8H3. The maximum absolute atomic E-state index is 13.6. The van der Waals surface area contributed by atoms with Crippen molar-refractivity contribution in [2.45, 2.75) is 91.9 Å². The minimum atomic E-state index is -0.451. The van der Waals surface area contributed by atoms with Crippen LogP contribution in [0.3, 0.4) is 0 Å². The van der Waals surface area contributed by atoms with E-state index in [0.29, 0.717) is 59.3 Å². The number of esters is 2. The van der Waals surface area contributed by atoms with Crippen LogP contribution in [0.15, 0.2) is 18.2 Å². The lowest BCUT2D eigenvalue weighted by Crippen LogP contribution is -2.15. The summed E-state index contributed by atoms with van der Waals surface area (Å²) in [5.41, 5.74) is 7.56. The summed E-state index contributed by atoms with van der Waals surface area (Å²) in [5.74, 6) is -0.426. The van der Waals surface area contributed by atoms with Gasteiger partial charge in [0.15, 0.2) is 5.75 Å². The van der Waals surface area contributed by atoms with Crippen LogP contribution in [0.5, 0.6) is 5.75 Å². The molecule has 2 aliphatic rings. The number of H-pyrrole nitrogens is 2. The number of ether oxygens (including phenoxy) is 3. The Balaban J connectivity index is 2.03. The third-order valence-electron chi connectivity index (χ3n) is 8.81. The summed E-state index contributed by atoms with van der Waals surface area (Å²) in [6.07, 6.45) is 2.32. The van der Waals surface area contributed by atoms with E-state index in [0.717, 1.165) is 39.2 Å². The Morgan fingerprint density at radius 2 is 1.35 bits per heavy atom. The summed E-state index contributed by atoms with van der Waals surface area (Å²) in [4.78, 5) is 44.1. The van der Waals surface area contributed by atoms with Crippen LogP contribution in [0.1, 0.15) is 110 Å². The molecule has 5 heterocycles. The smallest absolute Gasteiger partial charge is 0.340 e. The lowest BCUT2D eigenvalue weighted by atomic mass is 9.86. The van der Waals surface area contributed by atoms with Crippen molar-refractivity contribution in [3.63, 3.8) is 0 Å². The fraction of sp³-hybridized carbons (Fsp3) is 0.500. The summed E-state index contributed by atoms with van der Waals surface area (Å²) in [6, 6.07) is 5.95. The number of aryl methyl sites for hydroxylation is 2. The van der Waals surface area contributed by atoms with Gasteiger partial charge in [0.1, 0.15) is 6.61 Å². The number of hydrogen-bond donors (Lipinski definition) is 3. The number of carbonyl (C=O) groups is 2. The lowest BCUT2D eigenvalue weighted by Gasteiger charge is -2.16. The van der Waals surface area contributed by atoms with Crippen molar-refractivity contribution in [3.05, 3.63) is 63.2 Å². The summed E-state index contributed by atoms with van der Waals surface area (Å²) in [6.45, 7) is 16.4. The second-order valence-electron chi connectivity index (χ2n) is 13.1. The number of fused-ring (bicyclic) bond motifs is 8. The molecule has 3 aromatic heterocycles. The molecule has 3 aromatic rings. The van der Waals surface area contributed by atoms with Crippen LogP contribution in [-0.2, 0) is 46.0 Å². The van der Waals surface area contributed by atoms with Gasteiger partial charge in [-0.05, 0) is 56.0 Å². The molecular formula is C36H46N4O6. The van der Waals surface area contributed by atoms with Gasteiger partial charge in [0.25, 0.3) is 0 Å². The number of aromatic nitrogens is 4. The molecule has 0 radical (unpaired) electrons. The topological polar surface area (TPSA) is 139 Å². The highest BCUT2D eigenvalue weighted by molar-refractivity contribution is 6.04. The molecule has 0 fully saturated rings. The zero-order valence-corrected chi connectivity index (χ0v) is 28.3. The molecular weight excluding hydrogens is 584 g/mol. The first-order valence-corrected chi connectivity index (χ1v) is 16.3. The maximum Gasteiger partial charge on any atom is 0.340 e. The van der Waals surface area contributed by atoms with Crippen LogP contribution in [0.2, 0.25) is 0 Å². The Kier molecular flexibility index (Phi) is 9.31. The van der Waals surface area contributed by atoms with Crippen LogP contribution >= 0.6 is 0 Å². The van der Waals surface area contributed by atoms with Gasteiger partial charge in [-0.15, -0.1) is 0 Å². The summed E-state index contributed by atoms with van der Waals surface area (Å²) < 4.78 is 17.3. The van der Waals surface area contributed by atoms with Crippen molar-refractivity contribution in [1.29, 1.82) is 0 Å². The van der Waals surface area contributed by atoms with Crippen LogP contribution in [0.4, 0.5) is 0 Å². The molecule has 0 saturated heterocycles. The zero-order valence-electron chi connectivity index (χ0n) is 28.3. The highest BCUT2D eigenvalue weighted by Gasteiger charge is 2.34. The predicted octanol–water partition coefficient (Wildman–Crippen LogP) is 6.20. The van der Waals surface area contributed by atoms with Gasteiger partial charge < -0.3 is 29.3 Å². The second kappa shape index (κ2) is 12.9. The third-order valence-corrected chi connectivity index (χ3v) is 8.81. The Morgan fingerprint density at radius 1 is 0.783 bits per heavy atom. The molecule has 10 nitrogen and oxygen atoms in total. The fourth-order valence-corrected chi connectivity index (χ4v) is 6.55. The maximum atomic E-state index is 13.6. The van der Waals surface area contributed by atoms with Gasteiger partial charge in [-0.3, -0.25) is 9.97 Å². The van der Waals surface area contributed by atoms with Crippen LogP contribution < -0.4 is 4.74 Å². The number of nitrogens with zero attached hydrogens (tertiary/aromatic N) is 2. The third kappa shape index (κ3) is 6.02. The summed E-state index contributed by atoms with van der Waals surface area (Å²) >= 11 is 0. The lowest BCUT2D eigenvalue weighted by molar-refractivity contribution is 0.0518. The highest BCUT2D eigenvalue weighted by atomic mass is 16.5. The molecule has 0 aliphatic carbocycles. The normalized spacial score (nSPS) is 15.1. The molecule has 0 saturated carbocycles. The SMILES string of the molecule is CCOC(=O)c1c(CC)c2cc3nc(c(OCCO)c4[nH]c(cc5nc(cc1[nH]2)CC5(C)C)c(CC)c4C(=O)OCC)CC3(C)C. The number of nitrogens with one attached hydrogen (secondary N) is 2. The number of aromatic amines is 2. The van der Waals surface area contributed by atoms with Crippen molar-refractivity contribution in [2.75, 3.05) is 26.4 Å². The average molecular weight is 631 g/mol. The molecule has 2 aliphatic heterocycles. The van der Waals surface area contributed by atoms with Crippen molar-refractivity contribution >= 4 is 34.0 Å². The molecule has 0 amide bonds. The Labute approximate surface area is 269 Å². The largest absolute Gasteiger partial charge is 0.487 e. The summed E-state index contributed by atoms with van der Waals surface area (Å²) in [7, 11) is 0. The average Bonchev–Trinajstić information content (AvgIpc) is 3.69. The molecule has 10 heteroatoms. The fourth-order valence-electron chi connectivity index (χ4n) is 6.55. The molecule has 0 unspecified atom stereocenters. The van der Waals surface area contributed by atoms with Crippen molar-refractivity contribution in [2.24, 2.45) is 0 Å². The van der Waals surface area contributed by atoms with E-state index in [4.69, 9.17) is 24.2 Å². The molecule has 0 atom stereocenters. The Hall–Kier alpha value is -4.18. The van der Waals surface area contributed by atoms with E-state index in [-0.39, 0.29) is 37.8 Å². The minimum absolute atomic E-state index is 0.0202. The Morgan fingerprint density at radius 3 is 1.96 bits per heavy atom. The van der Waals surface area contributed by atoms with Gasteiger partial charge in [0.05, 0.1) is 47.7 Å². The van der Waals surface area contributed by atoms with E-state index in [1.807, 2.05) is 32.0 Å². The predicted molar refractivity (Wildman–Crippen MR) is 178 cm³/mol. The molecule has 8 bridgehead atoms. The summed E-state index contributed by atoms with van der Waals surface area (Å²) in [5, 5.41) is 9.78. The van der Waals surface area contributed by atoms with Crippen LogP contribution in [0, 0.1) is 0 Å². The molecule has 5 rings (SSSR count). The highest BCUT2D eigenvalue weighted by Crippen LogP contribution is 2.40. The van der Waals surface area contributed by atoms with Gasteiger partial charge in [-0.1, -0.05) is 41.5 Å².